The SMILES string of the molecule is CCC1CN(C(=O)c2ccc(Cl)o2)CCN1C. The van der Waals surface area contributed by atoms with Gasteiger partial charge in [0.25, 0.3) is 5.91 Å². The predicted molar refractivity (Wildman–Crippen MR) is 66.3 cm³/mol. The van der Waals surface area contributed by atoms with Crippen molar-refractivity contribution in [2.75, 3.05) is 26.7 Å². The van der Waals surface area contributed by atoms with E-state index in [9.17, 15) is 4.79 Å². The van der Waals surface area contributed by atoms with Gasteiger partial charge in [0.05, 0.1) is 0 Å². The van der Waals surface area contributed by atoms with Gasteiger partial charge < -0.3 is 9.32 Å². The Balaban J connectivity index is 2.05. The molecule has 1 atom stereocenters. The van der Waals surface area contributed by atoms with Crippen molar-refractivity contribution in [3.63, 3.8) is 0 Å². The molecule has 0 aromatic carbocycles. The molecule has 1 aromatic heterocycles. The third-order valence-corrected chi connectivity index (χ3v) is 3.52. The first-order valence-electron chi connectivity index (χ1n) is 5.86. The lowest BCUT2D eigenvalue weighted by Gasteiger charge is -2.38. The summed E-state index contributed by atoms with van der Waals surface area (Å²) in [5, 5.41) is 0.259. The minimum absolute atomic E-state index is 0.0662. The molecule has 1 amide bonds. The number of carbonyl (C=O) groups is 1. The maximum absolute atomic E-state index is 12.1. The molecule has 0 radical (unpaired) electrons. The van der Waals surface area contributed by atoms with E-state index in [0.29, 0.717) is 11.8 Å². The van der Waals surface area contributed by atoms with E-state index in [1.54, 1.807) is 12.1 Å². The lowest BCUT2D eigenvalue weighted by Crippen LogP contribution is -2.52. The molecule has 0 aliphatic carbocycles. The van der Waals surface area contributed by atoms with Gasteiger partial charge in [-0.1, -0.05) is 6.92 Å². The number of halogens is 1. The van der Waals surface area contributed by atoms with Gasteiger partial charge in [0.2, 0.25) is 0 Å². The number of likely N-dealkylation sites (N-methyl/N-ethyl adjacent to an activating group) is 1. The average Bonchev–Trinajstić information content (AvgIpc) is 2.75. The topological polar surface area (TPSA) is 36.7 Å². The van der Waals surface area contributed by atoms with E-state index in [1.807, 2.05) is 4.90 Å². The number of rotatable bonds is 2. The van der Waals surface area contributed by atoms with Crippen LogP contribution in [0.5, 0.6) is 0 Å². The Morgan fingerprint density at radius 3 is 2.88 bits per heavy atom. The molecule has 0 N–H and O–H groups in total. The van der Waals surface area contributed by atoms with Gasteiger partial charge in [-0.3, -0.25) is 9.69 Å². The summed E-state index contributed by atoms with van der Waals surface area (Å²) >= 11 is 5.68. The predicted octanol–water partition coefficient (Wildman–Crippen LogP) is 2.10. The van der Waals surface area contributed by atoms with Gasteiger partial charge in [-0.25, -0.2) is 0 Å². The molecule has 2 heterocycles. The molecule has 17 heavy (non-hydrogen) atoms. The van der Waals surface area contributed by atoms with Gasteiger partial charge in [-0.2, -0.15) is 0 Å². The van der Waals surface area contributed by atoms with E-state index in [-0.39, 0.29) is 11.1 Å². The highest BCUT2D eigenvalue weighted by Crippen LogP contribution is 2.18. The maximum Gasteiger partial charge on any atom is 0.289 e. The number of piperazine rings is 1. The highest BCUT2D eigenvalue weighted by Gasteiger charge is 2.28. The average molecular weight is 257 g/mol. The molecule has 0 spiro atoms. The van der Waals surface area contributed by atoms with Gasteiger partial charge in [-0.15, -0.1) is 0 Å². The molecule has 1 aliphatic rings. The Morgan fingerprint density at radius 1 is 1.53 bits per heavy atom. The standard InChI is InChI=1S/C12H17ClN2O2/c1-3-9-8-15(7-6-14(9)2)12(16)10-4-5-11(13)17-10/h4-5,9H,3,6-8H2,1-2H3. The van der Waals surface area contributed by atoms with Crippen LogP contribution in [0.1, 0.15) is 23.9 Å². The zero-order chi connectivity index (χ0) is 12.4. The van der Waals surface area contributed by atoms with Crippen LogP contribution in [-0.4, -0.2) is 48.4 Å². The minimum atomic E-state index is -0.0662. The number of hydrogen-bond acceptors (Lipinski definition) is 3. The molecule has 1 aromatic rings. The van der Waals surface area contributed by atoms with Gasteiger partial charge in [-0.05, 0) is 37.2 Å². The second-order valence-electron chi connectivity index (χ2n) is 4.40. The Morgan fingerprint density at radius 2 is 2.29 bits per heavy atom. The smallest absolute Gasteiger partial charge is 0.289 e. The molecular weight excluding hydrogens is 240 g/mol. The summed E-state index contributed by atoms with van der Waals surface area (Å²) in [5.41, 5.74) is 0. The third kappa shape index (κ3) is 2.64. The summed E-state index contributed by atoms with van der Waals surface area (Å²) in [4.78, 5) is 16.3. The van der Waals surface area contributed by atoms with Gasteiger partial charge >= 0.3 is 0 Å². The number of hydrogen-bond donors (Lipinski definition) is 0. The van der Waals surface area contributed by atoms with E-state index >= 15 is 0 Å². The summed E-state index contributed by atoms with van der Waals surface area (Å²) in [6, 6.07) is 3.66. The van der Waals surface area contributed by atoms with Crippen LogP contribution in [-0.2, 0) is 0 Å². The fourth-order valence-corrected chi connectivity index (χ4v) is 2.30. The van der Waals surface area contributed by atoms with Crippen LogP contribution in [0.4, 0.5) is 0 Å². The Labute approximate surface area is 106 Å². The number of furan rings is 1. The van der Waals surface area contributed by atoms with Crippen LogP contribution < -0.4 is 0 Å². The van der Waals surface area contributed by atoms with E-state index in [1.165, 1.54) is 0 Å². The molecule has 1 aliphatic heterocycles. The molecule has 1 saturated heterocycles. The number of amides is 1. The van der Waals surface area contributed by atoms with Crippen LogP contribution >= 0.6 is 11.6 Å². The highest BCUT2D eigenvalue weighted by atomic mass is 35.5. The third-order valence-electron chi connectivity index (χ3n) is 3.32. The summed E-state index contributed by atoms with van der Waals surface area (Å²) in [5.74, 6) is 0.262. The molecule has 0 bridgehead atoms. The summed E-state index contributed by atoms with van der Waals surface area (Å²) in [6.07, 6.45) is 1.04. The second kappa shape index (κ2) is 5.10. The first kappa shape index (κ1) is 12.5. The van der Waals surface area contributed by atoms with Crippen molar-refractivity contribution in [3.8, 4) is 0 Å². The maximum atomic E-state index is 12.1. The molecule has 1 fully saturated rings. The molecular formula is C12H17ClN2O2. The van der Waals surface area contributed by atoms with Crippen molar-refractivity contribution >= 4 is 17.5 Å². The van der Waals surface area contributed by atoms with Gasteiger partial charge in [0.1, 0.15) is 0 Å². The monoisotopic (exact) mass is 256 g/mol. The largest absolute Gasteiger partial charge is 0.440 e. The minimum Gasteiger partial charge on any atom is -0.440 e. The van der Waals surface area contributed by atoms with Crippen LogP contribution in [0.3, 0.4) is 0 Å². The summed E-state index contributed by atoms with van der Waals surface area (Å²) in [6.45, 7) is 4.53. The highest BCUT2D eigenvalue weighted by molar-refractivity contribution is 6.29. The summed E-state index contributed by atoms with van der Waals surface area (Å²) in [7, 11) is 2.10. The van der Waals surface area contributed by atoms with Gasteiger partial charge in [0, 0.05) is 25.7 Å². The Kier molecular flexibility index (Phi) is 3.74. The quantitative estimate of drug-likeness (QED) is 0.813. The van der Waals surface area contributed by atoms with E-state index in [2.05, 4.69) is 18.9 Å². The van der Waals surface area contributed by atoms with Crippen molar-refractivity contribution in [3.05, 3.63) is 23.1 Å². The van der Waals surface area contributed by atoms with Crippen LogP contribution in [0.15, 0.2) is 16.5 Å². The number of nitrogens with zero attached hydrogens (tertiary/aromatic N) is 2. The Hall–Kier alpha value is -1.00. The fraction of sp³-hybridized carbons (Fsp3) is 0.583. The molecule has 5 heteroatoms. The van der Waals surface area contributed by atoms with Crippen molar-refractivity contribution in [2.45, 2.75) is 19.4 Å². The van der Waals surface area contributed by atoms with Crippen molar-refractivity contribution in [2.24, 2.45) is 0 Å². The normalized spacial score (nSPS) is 21.8. The zero-order valence-electron chi connectivity index (χ0n) is 10.1. The second-order valence-corrected chi connectivity index (χ2v) is 4.77. The lowest BCUT2D eigenvalue weighted by atomic mass is 10.1. The van der Waals surface area contributed by atoms with Crippen LogP contribution in [0.2, 0.25) is 5.22 Å². The van der Waals surface area contributed by atoms with E-state index in [0.717, 1.165) is 26.1 Å². The number of carbonyl (C=O) groups excluding carboxylic acids is 1. The molecule has 1 unspecified atom stereocenters. The lowest BCUT2D eigenvalue weighted by molar-refractivity contribution is 0.0513. The first-order valence-corrected chi connectivity index (χ1v) is 6.24. The van der Waals surface area contributed by atoms with Crippen LogP contribution in [0, 0.1) is 0 Å². The molecule has 2 rings (SSSR count). The van der Waals surface area contributed by atoms with Gasteiger partial charge in [0.15, 0.2) is 11.0 Å². The van der Waals surface area contributed by atoms with E-state index in [4.69, 9.17) is 16.0 Å². The Bertz CT molecular complexity index is 405. The van der Waals surface area contributed by atoms with Crippen LogP contribution in [0.25, 0.3) is 0 Å². The van der Waals surface area contributed by atoms with E-state index < -0.39 is 0 Å². The molecule has 94 valence electrons. The van der Waals surface area contributed by atoms with Crippen molar-refractivity contribution in [1.29, 1.82) is 0 Å². The fourth-order valence-electron chi connectivity index (χ4n) is 2.16. The molecule has 0 saturated carbocycles. The zero-order valence-corrected chi connectivity index (χ0v) is 10.9. The first-order chi connectivity index (χ1) is 8.11. The molecule has 4 nitrogen and oxygen atoms in total. The summed E-state index contributed by atoms with van der Waals surface area (Å²) < 4.78 is 5.15. The van der Waals surface area contributed by atoms with Crippen molar-refractivity contribution < 1.29 is 9.21 Å². The van der Waals surface area contributed by atoms with Crippen molar-refractivity contribution in [1.82, 2.24) is 9.80 Å².